The lowest BCUT2D eigenvalue weighted by Crippen LogP contribution is -2.61. The standard InChI is InChI=1S/C30H22O6/c1-33-21-13-15-23-25(17-21)35-29(27(23)31,19-9-5-3-6-10-19)30(20-11-7-4-8-12-20)28(32)24-16-14-22(34-2)18-26(24)36-30/h3-18H,1-2H3/t29-,30+. The first kappa shape index (κ1) is 21.9. The van der Waals surface area contributed by atoms with Gasteiger partial charge in [-0.05, 0) is 24.3 Å². The highest BCUT2D eigenvalue weighted by molar-refractivity contribution is 6.17. The van der Waals surface area contributed by atoms with Gasteiger partial charge in [-0.1, -0.05) is 60.7 Å². The minimum atomic E-state index is -1.84. The zero-order chi connectivity index (χ0) is 24.9. The molecular formula is C30H22O6. The maximum absolute atomic E-state index is 14.5. The van der Waals surface area contributed by atoms with Gasteiger partial charge in [-0.2, -0.15) is 0 Å². The largest absolute Gasteiger partial charge is 0.497 e. The van der Waals surface area contributed by atoms with Crippen molar-refractivity contribution in [2.75, 3.05) is 14.2 Å². The predicted molar refractivity (Wildman–Crippen MR) is 132 cm³/mol. The van der Waals surface area contributed by atoms with E-state index in [1.165, 1.54) is 0 Å². The van der Waals surface area contributed by atoms with Gasteiger partial charge >= 0.3 is 0 Å². The number of Topliss-reactive ketones (excluding diaryl/α,β-unsaturated/α-hetero) is 2. The zero-order valence-electron chi connectivity index (χ0n) is 19.7. The molecule has 178 valence electrons. The fraction of sp³-hybridized carbons (Fsp3) is 0.133. The molecule has 2 aliphatic heterocycles. The molecule has 0 aliphatic carbocycles. The van der Waals surface area contributed by atoms with Gasteiger partial charge in [-0.25, -0.2) is 0 Å². The first-order chi connectivity index (χ1) is 17.5. The molecule has 4 aromatic carbocycles. The van der Waals surface area contributed by atoms with Crippen molar-refractivity contribution in [2.45, 2.75) is 11.2 Å². The summed E-state index contributed by atoms with van der Waals surface area (Å²) in [5, 5.41) is 0. The Hall–Kier alpha value is -4.58. The SMILES string of the molecule is COc1ccc2c(c1)O[C@](c1ccccc1)([C@]1(c3ccccc3)Oc3cc(OC)ccc3C1=O)C2=O. The quantitative estimate of drug-likeness (QED) is 0.385. The molecule has 4 aromatic rings. The Morgan fingerprint density at radius 1 is 0.556 bits per heavy atom. The molecule has 0 saturated heterocycles. The molecule has 6 heteroatoms. The van der Waals surface area contributed by atoms with Gasteiger partial charge < -0.3 is 18.9 Å². The lowest BCUT2D eigenvalue weighted by Gasteiger charge is -2.42. The number of carbonyl (C=O) groups is 2. The number of fused-ring (bicyclic) bond motifs is 2. The minimum Gasteiger partial charge on any atom is -0.497 e. The molecule has 0 spiro atoms. The normalized spacial score (nSPS) is 21.8. The Labute approximate surface area is 208 Å². The van der Waals surface area contributed by atoms with Crippen molar-refractivity contribution in [2.24, 2.45) is 0 Å². The second-order valence-electron chi connectivity index (χ2n) is 8.68. The molecule has 0 aromatic heterocycles. The summed E-state index contributed by atoms with van der Waals surface area (Å²) in [6, 6.07) is 28.1. The van der Waals surface area contributed by atoms with E-state index in [0.717, 1.165) is 0 Å². The van der Waals surface area contributed by atoms with Crippen LogP contribution in [0, 0.1) is 0 Å². The first-order valence-corrected chi connectivity index (χ1v) is 11.5. The summed E-state index contributed by atoms with van der Waals surface area (Å²) in [4.78, 5) is 29.0. The minimum absolute atomic E-state index is 0.323. The molecule has 0 bridgehead atoms. The van der Waals surface area contributed by atoms with Gasteiger partial charge in [-0.3, -0.25) is 9.59 Å². The van der Waals surface area contributed by atoms with E-state index in [9.17, 15) is 9.59 Å². The topological polar surface area (TPSA) is 71.1 Å². The van der Waals surface area contributed by atoms with Crippen LogP contribution < -0.4 is 18.9 Å². The van der Waals surface area contributed by atoms with Gasteiger partial charge in [0, 0.05) is 23.3 Å². The fourth-order valence-corrected chi connectivity index (χ4v) is 5.20. The van der Waals surface area contributed by atoms with Crippen molar-refractivity contribution in [1.29, 1.82) is 0 Å². The van der Waals surface area contributed by atoms with Crippen molar-refractivity contribution < 1.29 is 28.5 Å². The van der Waals surface area contributed by atoms with Gasteiger partial charge in [0.05, 0.1) is 25.3 Å². The zero-order valence-corrected chi connectivity index (χ0v) is 19.7. The third-order valence-corrected chi connectivity index (χ3v) is 6.89. The summed E-state index contributed by atoms with van der Waals surface area (Å²) in [6.07, 6.45) is 0. The Balaban J connectivity index is 1.68. The number of hydrogen-bond donors (Lipinski definition) is 0. The first-order valence-electron chi connectivity index (χ1n) is 11.5. The summed E-state index contributed by atoms with van der Waals surface area (Å²) in [6.45, 7) is 0. The Morgan fingerprint density at radius 3 is 1.31 bits per heavy atom. The number of ether oxygens (including phenoxy) is 4. The molecule has 6 nitrogen and oxygen atoms in total. The number of methoxy groups -OCH3 is 2. The number of rotatable bonds is 5. The average Bonchev–Trinajstić information content (AvgIpc) is 3.41. The van der Waals surface area contributed by atoms with Crippen LogP contribution in [-0.2, 0) is 11.2 Å². The summed E-state index contributed by atoms with van der Waals surface area (Å²) >= 11 is 0. The van der Waals surface area contributed by atoms with Gasteiger partial charge in [0.1, 0.15) is 23.0 Å². The van der Waals surface area contributed by atoms with Crippen molar-refractivity contribution in [3.8, 4) is 23.0 Å². The third-order valence-electron chi connectivity index (χ3n) is 6.89. The van der Waals surface area contributed by atoms with Gasteiger partial charge in [0.15, 0.2) is 0 Å². The maximum Gasteiger partial charge on any atom is 0.247 e. The number of carbonyl (C=O) groups excluding carboxylic acids is 2. The van der Waals surface area contributed by atoms with Crippen LogP contribution in [0.2, 0.25) is 0 Å². The van der Waals surface area contributed by atoms with E-state index in [2.05, 4.69) is 0 Å². The van der Waals surface area contributed by atoms with E-state index < -0.39 is 11.2 Å². The number of benzene rings is 4. The van der Waals surface area contributed by atoms with Crippen LogP contribution in [-0.4, -0.2) is 25.8 Å². The highest BCUT2D eigenvalue weighted by Crippen LogP contribution is 2.58. The van der Waals surface area contributed by atoms with Crippen LogP contribution in [0.1, 0.15) is 31.8 Å². The fourth-order valence-electron chi connectivity index (χ4n) is 5.20. The monoisotopic (exact) mass is 478 g/mol. The highest BCUT2D eigenvalue weighted by Gasteiger charge is 2.72. The maximum atomic E-state index is 14.5. The summed E-state index contributed by atoms with van der Waals surface area (Å²) in [5.41, 5.74) is -1.98. The molecule has 0 fully saturated rings. The number of ketones is 2. The van der Waals surface area contributed by atoms with E-state index in [0.29, 0.717) is 45.3 Å². The Morgan fingerprint density at radius 2 is 0.944 bits per heavy atom. The molecule has 6 rings (SSSR count). The molecule has 36 heavy (non-hydrogen) atoms. The summed E-state index contributed by atoms with van der Waals surface area (Å²) in [5.74, 6) is 0.968. The lowest BCUT2D eigenvalue weighted by atomic mass is 9.68. The van der Waals surface area contributed by atoms with Crippen LogP contribution in [0.5, 0.6) is 23.0 Å². The second-order valence-corrected chi connectivity index (χ2v) is 8.68. The van der Waals surface area contributed by atoms with Crippen molar-refractivity contribution in [3.05, 3.63) is 119 Å². The molecule has 2 heterocycles. The molecule has 2 atom stereocenters. The van der Waals surface area contributed by atoms with E-state index in [4.69, 9.17) is 18.9 Å². The van der Waals surface area contributed by atoms with E-state index in [1.807, 2.05) is 36.4 Å². The molecule has 2 aliphatic rings. The summed E-state index contributed by atoms with van der Waals surface area (Å²) < 4.78 is 24.0. The predicted octanol–water partition coefficient (Wildman–Crippen LogP) is 5.35. The van der Waals surface area contributed by atoms with Crippen molar-refractivity contribution >= 4 is 11.6 Å². The van der Waals surface area contributed by atoms with E-state index >= 15 is 0 Å². The third kappa shape index (κ3) is 2.78. The van der Waals surface area contributed by atoms with Crippen LogP contribution in [0.15, 0.2) is 97.1 Å². The van der Waals surface area contributed by atoms with E-state index in [-0.39, 0.29) is 11.6 Å². The van der Waals surface area contributed by atoms with Crippen LogP contribution in [0.3, 0.4) is 0 Å². The van der Waals surface area contributed by atoms with E-state index in [1.54, 1.807) is 74.9 Å². The molecule has 0 radical (unpaired) electrons. The Bertz CT molecular complexity index is 1380. The van der Waals surface area contributed by atoms with Gasteiger partial charge in [0.25, 0.3) is 0 Å². The summed E-state index contributed by atoms with van der Waals surface area (Å²) in [7, 11) is 3.09. The average molecular weight is 479 g/mol. The molecule has 0 amide bonds. The highest BCUT2D eigenvalue weighted by atomic mass is 16.6. The van der Waals surface area contributed by atoms with Gasteiger partial charge in [-0.15, -0.1) is 0 Å². The second kappa shape index (κ2) is 7.99. The smallest absolute Gasteiger partial charge is 0.247 e. The van der Waals surface area contributed by atoms with Crippen molar-refractivity contribution in [3.63, 3.8) is 0 Å². The Kier molecular flexibility index (Phi) is 4.86. The van der Waals surface area contributed by atoms with Gasteiger partial charge in [0.2, 0.25) is 22.8 Å². The van der Waals surface area contributed by atoms with Crippen LogP contribution in [0.25, 0.3) is 0 Å². The van der Waals surface area contributed by atoms with Crippen LogP contribution >= 0.6 is 0 Å². The van der Waals surface area contributed by atoms with Crippen molar-refractivity contribution in [1.82, 2.24) is 0 Å². The van der Waals surface area contributed by atoms with Crippen LogP contribution in [0.4, 0.5) is 0 Å². The molecule has 0 unspecified atom stereocenters. The molecule has 0 saturated carbocycles. The lowest BCUT2D eigenvalue weighted by molar-refractivity contribution is -0.0647. The molecular weight excluding hydrogens is 456 g/mol. The molecule has 0 N–H and O–H groups in total. The number of hydrogen-bond acceptors (Lipinski definition) is 6.